The SMILES string of the molecule is [2H]N([2H])C(=O)N([2H])C(=O)N([2H])[2H]. The van der Waals surface area contributed by atoms with Crippen LogP contribution in [0.2, 0.25) is 7.06 Å². The Balaban J connectivity index is 4.30. The molecule has 5 heteroatoms. The van der Waals surface area contributed by atoms with Gasteiger partial charge in [-0.15, -0.1) is 0 Å². The van der Waals surface area contributed by atoms with E-state index in [0.717, 1.165) is 0 Å². The summed E-state index contributed by atoms with van der Waals surface area (Å²) in [4.78, 5) is 20.9. The highest BCUT2D eigenvalue weighted by Crippen LogP contribution is 1.51. The van der Waals surface area contributed by atoms with Crippen molar-refractivity contribution in [3.05, 3.63) is 0 Å². The van der Waals surface area contributed by atoms with E-state index in [9.17, 15) is 9.59 Å². The van der Waals surface area contributed by atoms with Gasteiger partial charge in [0.2, 0.25) is 0 Å². The largest absolute Gasteiger partial charge is 0.351 e. The van der Waals surface area contributed by atoms with Crippen LogP contribution in [0.4, 0.5) is 9.59 Å². The summed E-state index contributed by atoms with van der Waals surface area (Å²) in [6.45, 7) is 0. The average Bonchev–Trinajstić information content (AvgIpc) is 2.00. The van der Waals surface area contributed by atoms with Crippen LogP contribution in [0.3, 0.4) is 0 Å². The van der Waals surface area contributed by atoms with Crippen LogP contribution in [-0.4, -0.2) is 12.1 Å². The number of nitrogens with one attached hydrogen (secondary N) is 1. The molecule has 0 heterocycles. The third kappa shape index (κ3) is 4.74. The van der Waals surface area contributed by atoms with Crippen LogP contribution in [0, 0.1) is 0 Å². The van der Waals surface area contributed by atoms with Gasteiger partial charge in [-0.2, -0.15) is 0 Å². The molecule has 0 bridgehead atoms. The van der Waals surface area contributed by atoms with Crippen molar-refractivity contribution >= 4 is 12.1 Å². The number of amides is 4. The van der Waals surface area contributed by atoms with Crippen LogP contribution < -0.4 is 16.7 Å². The molecule has 0 aromatic heterocycles. The predicted molar refractivity (Wildman–Crippen MR) is 22.3 cm³/mol. The summed E-state index contributed by atoms with van der Waals surface area (Å²) in [5.74, 6) is 0. The maximum Gasteiger partial charge on any atom is 0.320 e. The Labute approximate surface area is 47.0 Å². The van der Waals surface area contributed by atoms with Crippen molar-refractivity contribution < 1.29 is 16.6 Å². The van der Waals surface area contributed by atoms with Crippen molar-refractivity contribution in [3.8, 4) is 0 Å². The number of carbonyl (C=O) groups is 2. The van der Waals surface area contributed by atoms with Crippen LogP contribution in [-0.2, 0) is 0 Å². The molecule has 40 valence electrons. The lowest BCUT2D eigenvalue weighted by molar-refractivity contribution is 0.236. The van der Waals surface area contributed by atoms with Crippen LogP contribution in [0.15, 0.2) is 0 Å². The molecule has 0 saturated carbocycles. The molecule has 4 amide bonds. The molecule has 5 nitrogen and oxygen atoms in total. The lowest BCUT2D eigenvalue weighted by atomic mass is 10.9. The third-order valence-electron chi connectivity index (χ3n) is 0.191. The first-order valence-corrected chi connectivity index (χ1v) is 1.30. The van der Waals surface area contributed by atoms with E-state index in [1.807, 2.05) is 0 Å². The Morgan fingerprint density at radius 2 is 2.00 bits per heavy atom. The molecule has 0 aliphatic rings. The van der Waals surface area contributed by atoms with Crippen molar-refractivity contribution in [2.75, 3.05) is 0 Å². The Bertz CT molecular complexity index is 175. The minimum absolute atomic E-state index is 0.444. The minimum atomic E-state index is -1.57. The number of primary amides is 2. The van der Waals surface area contributed by atoms with E-state index in [4.69, 9.17) is 7.06 Å². The number of imide groups is 1. The normalized spacial score (nSPS) is 16.3. The first kappa shape index (κ1) is 1.36. The number of nitrogens with two attached hydrogens (primary N) is 2. The number of urea groups is 2. The highest BCUT2D eigenvalue weighted by molar-refractivity contribution is 5.91. The molecule has 0 spiro atoms. The van der Waals surface area contributed by atoms with Gasteiger partial charge in [0.25, 0.3) is 0 Å². The molecule has 0 aliphatic carbocycles. The van der Waals surface area contributed by atoms with E-state index in [-0.39, 0.29) is 0 Å². The van der Waals surface area contributed by atoms with Gasteiger partial charge in [0.1, 0.15) is 0 Å². The topological polar surface area (TPSA) is 98.2 Å². The zero-order valence-electron chi connectivity index (χ0n) is 8.16. The molecule has 0 aliphatic heterocycles. The van der Waals surface area contributed by atoms with Crippen LogP contribution >= 0.6 is 0 Å². The van der Waals surface area contributed by atoms with Crippen molar-refractivity contribution in [2.24, 2.45) is 11.4 Å². The van der Waals surface area contributed by atoms with Crippen molar-refractivity contribution in [1.82, 2.24) is 5.31 Å². The van der Waals surface area contributed by atoms with Gasteiger partial charge in [-0.3, -0.25) is 5.31 Å². The van der Waals surface area contributed by atoms with Crippen LogP contribution in [0.1, 0.15) is 0 Å². The molecule has 0 aromatic carbocycles. The van der Waals surface area contributed by atoms with E-state index in [1.165, 1.54) is 0 Å². The molecule has 7 heavy (non-hydrogen) atoms. The zero-order valence-corrected chi connectivity index (χ0v) is 3.16. The lowest BCUT2D eigenvalue weighted by Gasteiger charge is -1.88. The Morgan fingerprint density at radius 3 is 2.29 bits per heavy atom. The van der Waals surface area contributed by atoms with Gasteiger partial charge in [0, 0.05) is 0 Å². The summed E-state index contributed by atoms with van der Waals surface area (Å²) in [6.07, 6.45) is 0. The van der Waals surface area contributed by atoms with Gasteiger partial charge in [-0.05, 0) is 0 Å². The number of hydrogen-bond acceptors (Lipinski definition) is 2. The van der Waals surface area contributed by atoms with Crippen LogP contribution in [0.5, 0.6) is 0 Å². The lowest BCUT2D eigenvalue weighted by Crippen LogP contribution is -2.38. The summed E-state index contributed by atoms with van der Waals surface area (Å²) in [6, 6.07) is -3.13. The molecule has 0 fully saturated rings. The number of carbonyl (C=O) groups excluding carboxylic acids is 2. The maximum atomic E-state index is 10.5. The molecule has 0 unspecified atom stereocenters. The molecule has 0 rings (SSSR count). The second-order valence-corrected chi connectivity index (χ2v) is 0.677. The first-order chi connectivity index (χ1) is 5.37. The predicted octanol–water partition coefficient (Wildman–Crippen LogP) is -1.27. The van der Waals surface area contributed by atoms with E-state index in [0.29, 0.717) is 0 Å². The van der Waals surface area contributed by atoms with Crippen molar-refractivity contribution in [3.63, 3.8) is 0 Å². The number of rotatable bonds is 0. The van der Waals surface area contributed by atoms with Gasteiger partial charge >= 0.3 is 12.1 Å². The zero-order chi connectivity index (χ0) is 9.89. The van der Waals surface area contributed by atoms with E-state index < -0.39 is 28.8 Å². The van der Waals surface area contributed by atoms with E-state index >= 15 is 0 Å². The minimum Gasteiger partial charge on any atom is -0.351 e. The van der Waals surface area contributed by atoms with Crippen molar-refractivity contribution in [1.29, 1.82) is 0 Å². The highest BCUT2D eigenvalue weighted by Gasteiger charge is 1.92. The van der Waals surface area contributed by atoms with Gasteiger partial charge < -0.3 is 11.4 Å². The summed E-state index contributed by atoms with van der Waals surface area (Å²) in [7, 11) is 0. The average molecular weight is 108 g/mol. The quantitative estimate of drug-likeness (QED) is 0.360. The molecule has 0 saturated heterocycles. The fraction of sp³-hybridized carbons (Fsp3) is 0. The Morgan fingerprint density at radius 1 is 1.57 bits per heavy atom. The fourth-order valence-electron chi connectivity index (χ4n) is 0.0818. The second kappa shape index (κ2) is 2.01. The summed E-state index contributed by atoms with van der Waals surface area (Å²) in [5, 5.41) is -0.444. The molecule has 5 N–H and O–H groups in total. The third-order valence-corrected chi connectivity index (χ3v) is 0.191. The molecular weight excluding hydrogens is 98.0 g/mol. The van der Waals surface area contributed by atoms with E-state index in [1.54, 1.807) is 0 Å². The fourth-order valence-corrected chi connectivity index (χ4v) is 0.0818. The smallest absolute Gasteiger partial charge is 0.320 e. The molecule has 0 aromatic rings. The van der Waals surface area contributed by atoms with Gasteiger partial charge in [0.05, 0.1) is 0 Å². The maximum absolute atomic E-state index is 10.5. The summed E-state index contributed by atoms with van der Waals surface area (Å²) >= 11 is 0. The molecule has 0 radical (unpaired) electrons. The molecule has 0 atom stereocenters. The second-order valence-electron chi connectivity index (χ2n) is 0.677. The number of hydrogen-bond donors (Lipinski definition) is 3. The van der Waals surface area contributed by atoms with Crippen molar-refractivity contribution in [2.45, 2.75) is 0 Å². The molecular formula is C2H5N3O2. The Hall–Kier alpha value is -1.26. The summed E-state index contributed by atoms with van der Waals surface area (Å²) in [5.41, 5.74) is -1.01. The van der Waals surface area contributed by atoms with Gasteiger partial charge in [-0.1, -0.05) is 0 Å². The van der Waals surface area contributed by atoms with E-state index in [2.05, 4.69) is 0 Å². The summed E-state index contributed by atoms with van der Waals surface area (Å²) < 4.78 is 32.0. The first-order valence-electron chi connectivity index (χ1n) is 3.54. The Kier molecular flexibility index (Phi) is 0.391. The van der Waals surface area contributed by atoms with Gasteiger partial charge in [0.15, 0.2) is 7.06 Å². The van der Waals surface area contributed by atoms with Crippen LogP contribution in [0.25, 0.3) is 0 Å². The standard InChI is InChI=1S/C2H5N3O2/c3-1(6)5-2(4)7/h(H5,3,4,5,6,7)/i/hD5. The highest BCUT2D eigenvalue weighted by atomic mass is 16.2. The monoisotopic (exact) mass is 108 g/mol. The van der Waals surface area contributed by atoms with Gasteiger partial charge in [-0.25, -0.2) is 9.59 Å².